The van der Waals surface area contributed by atoms with Gasteiger partial charge in [0.1, 0.15) is 24.2 Å². The number of thioether (sulfide) groups is 1. The van der Waals surface area contributed by atoms with Crippen LogP contribution in [-0.4, -0.2) is 67.1 Å². The van der Waals surface area contributed by atoms with E-state index in [2.05, 4.69) is 19.8 Å². The molecule has 14 heteroatoms. The quantitative estimate of drug-likeness (QED) is 0.201. The van der Waals surface area contributed by atoms with Gasteiger partial charge in [0.05, 0.1) is 0 Å². The maximum atomic E-state index is 12.9. The molecule has 0 aliphatic carbocycles. The van der Waals surface area contributed by atoms with Crippen LogP contribution >= 0.6 is 23.3 Å². The van der Waals surface area contributed by atoms with Crippen molar-refractivity contribution in [2.45, 2.75) is 24.9 Å². The average Bonchev–Trinajstić information content (AvgIpc) is 3.22. The first-order valence-electron chi connectivity index (χ1n) is 9.68. The maximum Gasteiger partial charge on any atom is 0.352 e. The zero-order valence-corrected chi connectivity index (χ0v) is 19.2. The second-order valence-corrected chi connectivity index (χ2v) is 9.06. The number of fused-ring (bicyclic) bond motifs is 1. The highest BCUT2D eigenvalue weighted by molar-refractivity contribution is 8.00. The van der Waals surface area contributed by atoms with Crippen LogP contribution in [-0.2, 0) is 25.8 Å². The summed E-state index contributed by atoms with van der Waals surface area (Å²) < 4.78 is 5.86. The van der Waals surface area contributed by atoms with Gasteiger partial charge in [-0.2, -0.15) is 13.9 Å². The second-order valence-electron chi connectivity index (χ2n) is 7.17. The molecule has 0 spiro atoms. The lowest BCUT2D eigenvalue weighted by atomic mass is 10.0. The summed E-state index contributed by atoms with van der Waals surface area (Å²) in [6.45, 7) is 2.26. The molecule has 4 N–H and O–H groups in total. The molecule has 2 aromatic heterocycles. The Morgan fingerprint density at radius 2 is 2.24 bits per heavy atom. The number of oxime groups is 1. The first kappa shape index (κ1) is 22.7. The van der Waals surface area contributed by atoms with Gasteiger partial charge in [0.15, 0.2) is 23.6 Å². The van der Waals surface area contributed by atoms with E-state index in [1.807, 2.05) is 35.9 Å². The van der Waals surface area contributed by atoms with E-state index in [0.29, 0.717) is 17.9 Å². The highest BCUT2D eigenvalue weighted by Gasteiger charge is 2.54. The number of β-lactam (4-membered cyclic amide) rings is 1. The molecule has 2 aromatic rings. The first-order valence-corrected chi connectivity index (χ1v) is 11.5. The van der Waals surface area contributed by atoms with E-state index in [4.69, 9.17) is 10.6 Å². The number of carbonyl (C=O) groups excluding carboxylic acids is 2. The van der Waals surface area contributed by atoms with Gasteiger partial charge in [0.25, 0.3) is 11.8 Å². The Morgan fingerprint density at radius 3 is 2.88 bits per heavy atom. The molecule has 33 heavy (non-hydrogen) atoms. The molecule has 12 nitrogen and oxygen atoms in total. The number of nitrogens with zero attached hydrogens (tertiary/aromatic N) is 5. The highest BCUT2D eigenvalue weighted by Crippen LogP contribution is 2.40. The lowest BCUT2D eigenvalue weighted by Crippen LogP contribution is -2.71. The number of hydrogen-bond donors (Lipinski definition) is 3. The van der Waals surface area contributed by atoms with Crippen LogP contribution in [0.2, 0.25) is 0 Å². The largest absolute Gasteiger partial charge is 0.477 e. The fourth-order valence-electron chi connectivity index (χ4n) is 3.57. The molecule has 4 heterocycles. The normalized spacial score (nSPS) is 20.2. The number of aryl methyl sites for hydroxylation is 1. The molecule has 0 aromatic carbocycles. The molecule has 2 aliphatic rings. The highest BCUT2D eigenvalue weighted by atomic mass is 32.2. The van der Waals surface area contributed by atoms with Crippen LogP contribution in [0.15, 0.2) is 40.8 Å². The number of anilines is 1. The topological polar surface area (TPSA) is 164 Å². The number of carboxylic acids is 1. The Kier molecular flexibility index (Phi) is 6.29. The summed E-state index contributed by atoms with van der Waals surface area (Å²) in [6, 6.07) is 4.75. The smallest absolute Gasteiger partial charge is 0.352 e. The van der Waals surface area contributed by atoms with Gasteiger partial charge >= 0.3 is 5.97 Å². The lowest BCUT2D eigenvalue weighted by Gasteiger charge is -2.49. The number of carbonyl (C=O) groups is 3. The average molecular weight is 491 g/mol. The van der Waals surface area contributed by atoms with Gasteiger partial charge in [-0.15, -0.1) is 11.8 Å². The second kappa shape index (κ2) is 9.15. The number of nitrogens with one attached hydrogen (secondary N) is 1. The van der Waals surface area contributed by atoms with Crippen LogP contribution in [0, 0.1) is 6.92 Å². The summed E-state index contributed by atoms with van der Waals surface area (Å²) >= 11 is 2.27. The molecule has 2 aliphatic heterocycles. The number of pyridine rings is 1. The number of rotatable bonds is 7. The molecule has 4 rings (SSSR count). The van der Waals surface area contributed by atoms with Gasteiger partial charge < -0.3 is 21.0 Å². The van der Waals surface area contributed by atoms with Gasteiger partial charge in [-0.3, -0.25) is 14.5 Å². The summed E-state index contributed by atoms with van der Waals surface area (Å²) in [7, 11) is 1.26. The van der Waals surface area contributed by atoms with E-state index in [1.165, 1.54) is 23.8 Å². The van der Waals surface area contributed by atoms with Crippen molar-refractivity contribution in [3.8, 4) is 0 Å². The summed E-state index contributed by atoms with van der Waals surface area (Å²) in [5, 5.41) is 15.7. The summed E-state index contributed by atoms with van der Waals surface area (Å²) in [5.41, 5.74) is 6.87. The first-order chi connectivity index (χ1) is 15.8. The minimum Gasteiger partial charge on any atom is -0.477 e. The predicted octanol–water partition coefficient (Wildman–Crippen LogP) is -0.494. The van der Waals surface area contributed by atoms with Crippen molar-refractivity contribution in [1.29, 1.82) is 0 Å². The molecular weight excluding hydrogens is 470 g/mol. The molecule has 2 atom stereocenters. The van der Waals surface area contributed by atoms with Crippen LogP contribution in [0.25, 0.3) is 0 Å². The Balaban J connectivity index is 1.54. The van der Waals surface area contributed by atoms with Crippen LogP contribution < -0.4 is 15.6 Å². The van der Waals surface area contributed by atoms with E-state index < -0.39 is 29.2 Å². The standard InChI is InChI=1S/C19H19N7O5S2/c1-9-5-3-4-6-25(9)7-10-8-32-17-12(16(28)26(17)13(10)18(29)30)21-15(27)11(23-31-2)14-22-19(20)33-24-14/h3-6,12,17H,7-8H2,1-2H3,(H3-,20,21,22,24,27,29,30)/p+1/t12?,17-/m0/s1. The Labute approximate surface area is 196 Å². The maximum absolute atomic E-state index is 12.9. The predicted molar refractivity (Wildman–Crippen MR) is 119 cm³/mol. The third kappa shape index (κ3) is 4.26. The zero-order valence-electron chi connectivity index (χ0n) is 17.6. The number of hydrogen-bond acceptors (Lipinski definition) is 10. The number of aliphatic carboxylic acids is 1. The summed E-state index contributed by atoms with van der Waals surface area (Å²) in [4.78, 5) is 47.6. The van der Waals surface area contributed by atoms with Crippen LogP contribution in [0.5, 0.6) is 0 Å². The third-order valence-corrected chi connectivity index (χ3v) is 7.00. The molecule has 172 valence electrons. The Morgan fingerprint density at radius 1 is 1.45 bits per heavy atom. The van der Waals surface area contributed by atoms with Gasteiger partial charge in [-0.25, -0.2) is 4.79 Å². The van der Waals surface area contributed by atoms with Crippen molar-refractivity contribution in [3.63, 3.8) is 0 Å². The van der Waals surface area contributed by atoms with Gasteiger partial charge in [-0.05, 0) is 0 Å². The molecule has 0 radical (unpaired) electrons. The molecule has 0 bridgehead atoms. The summed E-state index contributed by atoms with van der Waals surface area (Å²) in [6.07, 6.45) is 1.86. The SMILES string of the molecule is CON=C(C(=O)NC1C(=O)N2C(C(=O)O)=C(C[n+]3ccccc3C)CS[C@@H]12)c1nsc(N)n1. The molecule has 1 fully saturated rings. The molecule has 1 unspecified atom stereocenters. The molecule has 0 saturated carbocycles. The number of aromatic nitrogens is 3. The minimum absolute atomic E-state index is 0.0274. The van der Waals surface area contributed by atoms with Crippen molar-refractivity contribution in [2.75, 3.05) is 18.6 Å². The summed E-state index contributed by atoms with van der Waals surface area (Å²) in [5.74, 6) is -2.07. The van der Waals surface area contributed by atoms with E-state index in [-0.39, 0.29) is 22.4 Å². The van der Waals surface area contributed by atoms with E-state index in [9.17, 15) is 19.5 Å². The molecular formula is C19H20N7O5S2+. The lowest BCUT2D eigenvalue weighted by molar-refractivity contribution is -0.695. The third-order valence-electron chi connectivity index (χ3n) is 5.12. The Bertz CT molecular complexity index is 1190. The van der Waals surface area contributed by atoms with Crippen LogP contribution in [0.4, 0.5) is 5.13 Å². The van der Waals surface area contributed by atoms with Gasteiger partial charge in [0.2, 0.25) is 11.5 Å². The fraction of sp³-hybridized carbons (Fsp3) is 0.316. The number of nitrogens with two attached hydrogens (primary N) is 1. The van der Waals surface area contributed by atoms with E-state index in [1.54, 1.807) is 0 Å². The van der Waals surface area contributed by atoms with Crippen molar-refractivity contribution in [2.24, 2.45) is 5.16 Å². The van der Waals surface area contributed by atoms with Crippen molar-refractivity contribution in [3.05, 3.63) is 47.2 Å². The number of nitrogen functional groups attached to an aromatic ring is 1. The Hall–Kier alpha value is -3.52. The fourth-order valence-corrected chi connectivity index (χ4v) is 5.34. The van der Waals surface area contributed by atoms with E-state index in [0.717, 1.165) is 17.2 Å². The van der Waals surface area contributed by atoms with Crippen molar-refractivity contribution < 1.29 is 28.9 Å². The monoisotopic (exact) mass is 490 g/mol. The van der Waals surface area contributed by atoms with Gasteiger partial charge in [-0.1, -0.05) is 11.2 Å². The van der Waals surface area contributed by atoms with Crippen LogP contribution in [0.1, 0.15) is 11.5 Å². The van der Waals surface area contributed by atoms with Crippen molar-refractivity contribution >= 4 is 51.9 Å². The minimum atomic E-state index is -1.19. The van der Waals surface area contributed by atoms with Crippen LogP contribution in [0.3, 0.4) is 0 Å². The van der Waals surface area contributed by atoms with Crippen molar-refractivity contribution in [1.82, 2.24) is 19.6 Å². The number of carboxylic acid groups (broad SMARTS) is 1. The molecule has 1 saturated heterocycles. The number of amides is 2. The zero-order chi connectivity index (χ0) is 23.7. The molecule has 2 amide bonds. The van der Waals surface area contributed by atoms with E-state index >= 15 is 0 Å². The van der Waals surface area contributed by atoms with Gasteiger partial charge in [0, 0.05) is 41.9 Å².